The summed E-state index contributed by atoms with van der Waals surface area (Å²) in [6.45, 7) is 4.98. The molecule has 4 rings (SSSR count). The number of anilines is 2. The molecule has 0 bridgehead atoms. The Labute approximate surface area is 184 Å². The van der Waals surface area contributed by atoms with Gasteiger partial charge in [0.2, 0.25) is 5.91 Å². The van der Waals surface area contributed by atoms with E-state index >= 15 is 0 Å². The van der Waals surface area contributed by atoms with Gasteiger partial charge in [-0.05, 0) is 12.1 Å². The van der Waals surface area contributed by atoms with Crippen molar-refractivity contribution >= 4 is 44.3 Å². The van der Waals surface area contributed by atoms with Gasteiger partial charge in [0.15, 0.2) is 5.13 Å². The lowest BCUT2D eigenvalue weighted by atomic mass is 10.2. The van der Waals surface area contributed by atoms with Crippen LogP contribution in [0.4, 0.5) is 15.6 Å². The number of nitrogens with zero attached hydrogens (tertiary/aromatic N) is 4. The van der Waals surface area contributed by atoms with Crippen LogP contribution in [0.3, 0.4) is 0 Å². The minimum Gasteiger partial charge on any atom is -0.494 e. The molecule has 0 spiro atoms. The van der Waals surface area contributed by atoms with Crippen LogP contribution in [0.5, 0.6) is 5.75 Å². The van der Waals surface area contributed by atoms with Gasteiger partial charge in [0, 0.05) is 46.4 Å². The number of piperazine rings is 1. The fraction of sp³-hybridized carbons (Fsp3) is 0.550. The molecule has 168 valence electrons. The van der Waals surface area contributed by atoms with E-state index in [9.17, 15) is 9.59 Å². The molecule has 3 amide bonds. The Balaban J connectivity index is 1.47. The number of urea groups is 1. The number of morpholine rings is 1. The Kier molecular flexibility index (Phi) is 6.73. The van der Waals surface area contributed by atoms with Gasteiger partial charge in [-0.15, -0.1) is 0 Å². The highest BCUT2D eigenvalue weighted by molar-refractivity contribution is 7.23. The van der Waals surface area contributed by atoms with Gasteiger partial charge >= 0.3 is 6.03 Å². The Morgan fingerprint density at radius 2 is 1.81 bits per heavy atom. The van der Waals surface area contributed by atoms with Crippen LogP contribution < -0.4 is 15.0 Å². The van der Waals surface area contributed by atoms with Crippen LogP contribution in [-0.2, 0) is 14.3 Å². The Morgan fingerprint density at radius 3 is 2.48 bits per heavy atom. The number of nitrogens with one attached hydrogen (secondary N) is 1. The zero-order chi connectivity index (χ0) is 21.8. The molecule has 2 aliphatic rings. The van der Waals surface area contributed by atoms with Gasteiger partial charge in [-0.3, -0.25) is 10.1 Å². The smallest absolute Gasteiger partial charge is 0.323 e. The number of amides is 3. The number of hydrogen-bond donors (Lipinski definition) is 1. The molecule has 3 heterocycles. The van der Waals surface area contributed by atoms with E-state index in [0.717, 1.165) is 29.0 Å². The molecule has 0 aliphatic carbocycles. The van der Waals surface area contributed by atoms with Crippen molar-refractivity contribution in [3.8, 4) is 5.75 Å². The number of carbonyl (C=O) groups excluding carboxylic acids is 2. The molecule has 1 aromatic heterocycles. The van der Waals surface area contributed by atoms with Gasteiger partial charge in [-0.2, -0.15) is 0 Å². The molecule has 2 fully saturated rings. The van der Waals surface area contributed by atoms with Crippen molar-refractivity contribution < 1.29 is 23.8 Å². The normalized spacial score (nSPS) is 17.2. The van der Waals surface area contributed by atoms with E-state index in [-0.39, 0.29) is 18.5 Å². The highest BCUT2D eigenvalue weighted by Gasteiger charge is 2.25. The summed E-state index contributed by atoms with van der Waals surface area (Å²) < 4.78 is 16.8. The fourth-order valence-corrected chi connectivity index (χ4v) is 4.80. The molecule has 0 saturated carbocycles. The fourth-order valence-electron chi connectivity index (χ4n) is 3.79. The summed E-state index contributed by atoms with van der Waals surface area (Å²) in [5.41, 5.74) is 1.81. The molecule has 2 aromatic rings. The number of ether oxygens (including phenoxy) is 3. The number of thiazole rings is 1. The van der Waals surface area contributed by atoms with Crippen molar-refractivity contribution in [2.75, 3.05) is 83.5 Å². The van der Waals surface area contributed by atoms with Crippen LogP contribution in [0, 0.1) is 0 Å². The largest absolute Gasteiger partial charge is 0.494 e. The monoisotopic (exact) mass is 449 g/mol. The van der Waals surface area contributed by atoms with Crippen LogP contribution >= 0.6 is 11.3 Å². The first-order valence-corrected chi connectivity index (χ1v) is 11.0. The summed E-state index contributed by atoms with van der Waals surface area (Å²) in [7, 11) is 3.12. The maximum atomic E-state index is 12.8. The molecule has 0 unspecified atom stereocenters. The maximum Gasteiger partial charge on any atom is 0.323 e. The van der Waals surface area contributed by atoms with E-state index in [0.29, 0.717) is 50.3 Å². The van der Waals surface area contributed by atoms with Gasteiger partial charge in [-0.25, -0.2) is 9.78 Å². The Bertz CT molecular complexity index is 937. The summed E-state index contributed by atoms with van der Waals surface area (Å²) in [6, 6.07) is 3.73. The van der Waals surface area contributed by atoms with E-state index in [1.807, 2.05) is 12.1 Å². The molecule has 0 radical (unpaired) electrons. The number of methoxy groups -OCH3 is 2. The summed E-state index contributed by atoms with van der Waals surface area (Å²) in [5.74, 6) is 0.616. The van der Waals surface area contributed by atoms with E-state index in [2.05, 4.69) is 15.2 Å². The molecular formula is C20H27N5O5S. The lowest BCUT2D eigenvalue weighted by Crippen LogP contribution is -2.52. The van der Waals surface area contributed by atoms with Gasteiger partial charge < -0.3 is 28.9 Å². The average molecular weight is 450 g/mol. The van der Waals surface area contributed by atoms with Crippen molar-refractivity contribution in [2.24, 2.45) is 0 Å². The number of fused-ring (bicyclic) bond motifs is 1. The third kappa shape index (κ3) is 4.68. The van der Waals surface area contributed by atoms with Gasteiger partial charge in [0.25, 0.3) is 0 Å². The SMILES string of the molecule is COCC(=O)N1CCN(C(=O)Nc2nc3c(OC)ccc(N4CCOCC4)c3s2)CC1. The molecule has 0 atom stereocenters. The molecule has 10 nitrogen and oxygen atoms in total. The second kappa shape index (κ2) is 9.67. The minimum atomic E-state index is -0.218. The summed E-state index contributed by atoms with van der Waals surface area (Å²) in [4.78, 5) is 35.0. The van der Waals surface area contributed by atoms with Crippen LogP contribution in [0.25, 0.3) is 10.2 Å². The third-order valence-corrected chi connectivity index (χ3v) is 6.45. The van der Waals surface area contributed by atoms with Crippen molar-refractivity contribution in [1.29, 1.82) is 0 Å². The lowest BCUT2D eigenvalue weighted by Gasteiger charge is -2.34. The van der Waals surface area contributed by atoms with E-state index in [4.69, 9.17) is 14.2 Å². The standard InChI is InChI=1S/C20H27N5O5S/c1-28-13-16(26)24-5-7-25(8-6-24)20(27)22-19-21-17-15(29-2)4-3-14(18(17)31-19)23-9-11-30-12-10-23/h3-4H,5-13H2,1-2H3,(H,21,22,27). The first kappa shape index (κ1) is 21.6. The number of rotatable bonds is 5. The number of aromatic nitrogens is 1. The van der Waals surface area contributed by atoms with Crippen molar-refractivity contribution in [3.63, 3.8) is 0 Å². The second-order valence-corrected chi connectivity index (χ2v) is 8.31. The summed E-state index contributed by atoms with van der Waals surface area (Å²) >= 11 is 1.44. The molecular weight excluding hydrogens is 422 g/mol. The van der Waals surface area contributed by atoms with Crippen LogP contribution in [-0.4, -0.2) is 100 Å². The molecule has 11 heteroatoms. The second-order valence-electron chi connectivity index (χ2n) is 7.31. The Morgan fingerprint density at radius 1 is 1.10 bits per heavy atom. The van der Waals surface area contributed by atoms with Gasteiger partial charge in [-0.1, -0.05) is 11.3 Å². The van der Waals surface area contributed by atoms with Crippen LogP contribution in [0.15, 0.2) is 12.1 Å². The predicted octanol–water partition coefficient (Wildman–Crippen LogP) is 1.46. The molecule has 2 aliphatic heterocycles. The van der Waals surface area contributed by atoms with Gasteiger partial charge in [0.05, 0.1) is 30.7 Å². The maximum absolute atomic E-state index is 12.8. The number of benzene rings is 1. The van der Waals surface area contributed by atoms with Gasteiger partial charge in [0.1, 0.15) is 17.9 Å². The van der Waals surface area contributed by atoms with Crippen molar-refractivity contribution in [1.82, 2.24) is 14.8 Å². The van der Waals surface area contributed by atoms with E-state index in [1.165, 1.54) is 18.4 Å². The number of hydrogen-bond acceptors (Lipinski definition) is 8. The third-order valence-electron chi connectivity index (χ3n) is 5.46. The summed E-state index contributed by atoms with van der Waals surface area (Å²) in [5, 5.41) is 3.44. The van der Waals surface area contributed by atoms with Crippen molar-refractivity contribution in [3.05, 3.63) is 12.1 Å². The van der Waals surface area contributed by atoms with Crippen LogP contribution in [0.1, 0.15) is 0 Å². The summed E-state index contributed by atoms with van der Waals surface area (Å²) in [6.07, 6.45) is 0. The zero-order valence-corrected chi connectivity index (χ0v) is 18.6. The first-order chi connectivity index (χ1) is 15.1. The highest BCUT2D eigenvalue weighted by atomic mass is 32.1. The van der Waals surface area contributed by atoms with Crippen LogP contribution in [0.2, 0.25) is 0 Å². The quantitative estimate of drug-likeness (QED) is 0.738. The van der Waals surface area contributed by atoms with E-state index < -0.39 is 0 Å². The molecule has 1 aromatic carbocycles. The number of carbonyl (C=O) groups is 2. The zero-order valence-electron chi connectivity index (χ0n) is 17.8. The molecule has 2 saturated heterocycles. The van der Waals surface area contributed by atoms with Crippen molar-refractivity contribution in [2.45, 2.75) is 0 Å². The topological polar surface area (TPSA) is 96.5 Å². The lowest BCUT2D eigenvalue weighted by molar-refractivity contribution is -0.136. The Hall–Kier alpha value is -2.63. The average Bonchev–Trinajstić information content (AvgIpc) is 3.22. The molecule has 1 N–H and O–H groups in total. The minimum absolute atomic E-state index is 0.0588. The molecule has 31 heavy (non-hydrogen) atoms. The first-order valence-electron chi connectivity index (χ1n) is 10.2. The highest BCUT2D eigenvalue weighted by Crippen LogP contribution is 2.39. The predicted molar refractivity (Wildman–Crippen MR) is 118 cm³/mol. The van der Waals surface area contributed by atoms with E-state index in [1.54, 1.807) is 16.9 Å².